The van der Waals surface area contributed by atoms with Gasteiger partial charge in [0.1, 0.15) is 0 Å². The summed E-state index contributed by atoms with van der Waals surface area (Å²) in [5, 5.41) is 4.66. The average molecular weight is 286 g/mol. The van der Waals surface area contributed by atoms with Crippen molar-refractivity contribution in [3.63, 3.8) is 0 Å². The maximum Gasteiger partial charge on any atom is 0.0723 e. The minimum atomic E-state index is 0.434. The fourth-order valence-electron chi connectivity index (χ4n) is 2.61. The molecule has 1 aliphatic carbocycles. The minimum absolute atomic E-state index is 0.434. The summed E-state index contributed by atoms with van der Waals surface area (Å²) in [6.07, 6.45) is 3.86. The van der Waals surface area contributed by atoms with Gasteiger partial charge in [0.25, 0.3) is 0 Å². The third-order valence-corrected chi connectivity index (χ3v) is 4.29. The van der Waals surface area contributed by atoms with E-state index in [2.05, 4.69) is 10.2 Å². The Morgan fingerprint density at radius 1 is 1.17 bits per heavy atom. The third kappa shape index (κ3) is 2.53. The van der Waals surface area contributed by atoms with Crippen LogP contribution in [0.15, 0.2) is 12.1 Å². The van der Waals surface area contributed by atoms with Gasteiger partial charge in [-0.05, 0) is 31.4 Å². The molecule has 2 fully saturated rings. The van der Waals surface area contributed by atoms with E-state index in [0.29, 0.717) is 21.8 Å². The smallest absolute Gasteiger partial charge is 0.0723 e. The van der Waals surface area contributed by atoms with Gasteiger partial charge in [-0.15, -0.1) is 0 Å². The molecular formula is C13H17Cl2N3. The van der Waals surface area contributed by atoms with Crippen LogP contribution in [0.1, 0.15) is 19.3 Å². The molecule has 1 aliphatic heterocycles. The number of nitrogens with zero attached hydrogens (tertiary/aromatic N) is 1. The van der Waals surface area contributed by atoms with Crippen molar-refractivity contribution < 1.29 is 0 Å². The second-order valence-corrected chi connectivity index (χ2v) is 6.03. The Labute approximate surface area is 117 Å². The summed E-state index contributed by atoms with van der Waals surface area (Å²) in [5.74, 6) is 0. The molecule has 1 aromatic rings. The number of nitrogens with one attached hydrogen (secondary N) is 1. The molecule has 18 heavy (non-hydrogen) atoms. The van der Waals surface area contributed by atoms with Crippen molar-refractivity contribution in [3.8, 4) is 0 Å². The molecule has 0 spiro atoms. The molecule has 3 rings (SSSR count). The number of halogens is 2. The van der Waals surface area contributed by atoms with Crippen molar-refractivity contribution in [1.82, 2.24) is 4.90 Å². The zero-order chi connectivity index (χ0) is 12.7. The molecule has 1 unspecified atom stereocenters. The third-order valence-electron chi connectivity index (χ3n) is 3.70. The van der Waals surface area contributed by atoms with E-state index in [-0.39, 0.29) is 0 Å². The fourth-order valence-corrected chi connectivity index (χ4v) is 3.22. The molecule has 2 aliphatic rings. The summed E-state index contributed by atoms with van der Waals surface area (Å²) in [7, 11) is 0. The largest absolute Gasteiger partial charge is 0.399 e. The number of benzene rings is 1. The fraction of sp³-hybridized carbons (Fsp3) is 0.538. The first-order valence-electron chi connectivity index (χ1n) is 6.38. The van der Waals surface area contributed by atoms with Gasteiger partial charge in [0.15, 0.2) is 0 Å². The Kier molecular flexibility index (Phi) is 3.31. The normalized spacial score (nSPS) is 24.4. The Hall–Kier alpha value is -0.640. The van der Waals surface area contributed by atoms with E-state index >= 15 is 0 Å². The lowest BCUT2D eigenvalue weighted by molar-refractivity contribution is 0.326. The zero-order valence-electron chi connectivity index (χ0n) is 10.1. The monoisotopic (exact) mass is 285 g/mol. The van der Waals surface area contributed by atoms with Crippen molar-refractivity contribution >= 4 is 34.6 Å². The first-order valence-corrected chi connectivity index (χ1v) is 7.14. The van der Waals surface area contributed by atoms with Gasteiger partial charge in [-0.1, -0.05) is 23.2 Å². The first kappa shape index (κ1) is 12.4. The predicted octanol–water partition coefficient (Wildman–Crippen LogP) is 3.22. The number of nitrogens with two attached hydrogens (primary N) is 1. The topological polar surface area (TPSA) is 41.3 Å². The van der Waals surface area contributed by atoms with E-state index in [1.807, 2.05) is 0 Å². The van der Waals surface area contributed by atoms with E-state index in [1.54, 1.807) is 12.1 Å². The number of rotatable bonds is 3. The summed E-state index contributed by atoms with van der Waals surface area (Å²) < 4.78 is 0. The Morgan fingerprint density at radius 2 is 1.83 bits per heavy atom. The maximum absolute atomic E-state index is 6.18. The Morgan fingerprint density at radius 3 is 2.44 bits per heavy atom. The summed E-state index contributed by atoms with van der Waals surface area (Å²) in [6, 6.07) is 4.74. The molecule has 5 heteroatoms. The molecule has 1 aromatic carbocycles. The van der Waals surface area contributed by atoms with Crippen molar-refractivity contribution in [3.05, 3.63) is 22.2 Å². The highest BCUT2D eigenvalue weighted by Gasteiger charge is 2.34. The molecule has 1 heterocycles. The number of hydrogen-bond donors (Lipinski definition) is 2. The van der Waals surface area contributed by atoms with Gasteiger partial charge >= 0.3 is 0 Å². The quantitative estimate of drug-likeness (QED) is 0.838. The van der Waals surface area contributed by atoms with E-state index < -0.39 is 0 Å². The minimum Gasteiger partial charge on any atom is -0.399 e. The molecule has 0 bridgehead atoms. The van der Waals surface area contributed by atoms with Crippen LogP contribution in [-0.2, 0) is 0 Å². The lowest BCUT2D eigenvalue weighted by Gasteiger charge is -2.18. The van der Waals surface area contributed by atoms with Crippen molar-refractivity contribution in [2.45, 2.75) is 31.3 Å². The van der Waals surface area contributed by atoms with Gasteiger partial charge in [-0.25, -0.2) is 0 Å². The van der Waals surface area contributed by atoms with Crippen LogP contribution in [0.4, 0.5) is 11.4 Å². The zero-order valence-corrected chi connectivity index (χ0v) is 11.6. The van der Waals surface area contributed by atoms with Gasteiger partial charge < -0.3 is 11.1 Å². The number of anilines is 2. The predicted molar refractivity (Wildman–Crippen MR) is 77.5 cm³/mol. The highest BCUT2D eigenvalue weighted by molar-refractivity contribution is 6.39. The molecule has 1 atom stereocenters. The van der Waals surface area contributed by atoms with E-state index in [0.717, 1.165) is 24.7 Å². The van der Waals surface area contributed by atoms with Crippen LogP contribution in [0.25, 0.3) is 0 Å². The van der Waals surface area contributed by atoms with Crippen LogP contribution in [0.2, 0.25) is 10.0 Å². The van der Waals surface area contributed by atoms with Gasteiger partial charge in [-0.3, -0.25) is 4.90 Å². The maximum atomic E-state index is 6.18. The number of hydrogen-bond acceptors (Lipinski definition) is 3. The van der Waals surface area contributed by atoms with Crippen LogP contribution >= 0.6 is 23.2 Å². The molecule has 1 saturated carbocycles. The molecule has 98 valence electrons. The van der Waals surface area contributed by atoms with Gasteiger partial charge in [0, 0.05) is 30.9 Å². The molecular weight excluding hydrogens is 269 g/mol. The second kappa shape index (κ2) is 4.80. The second-order valence-electron chi connectivity index (χ2n) is 5.22. The number of likely N-dealkylation sites (tertiary alicyclic amines) is 1. The molecule has 3 nitrogen and oxygen atoms in total. The SMILES string of the molecule is Nc1cc(Cl)c(NC2CCN(C3CC3)C2)c(Cl)c1. The molecule has 1 saturated heterocycles. The Bertz CT molecular complexity index is 437. The van der Waals surface area contributed by atoms with Crippen molar-refractivity contribution in [2.75, 3.05) is 24.1 Å². The highest BCUT2D eigenvalue weighted by atomic mass is 35.5. The lowest BCUT2D eigenvalue weighted by Crippen LogP contribution is -2.27. The Balaban J connectivity index is 1.69. The summed E-state index contributed by atoms with van der Waals surface area (Å²) in [4.78, 5) is 2.55. The average Bonchev–Trinajstić information content (AvgIpc) is 3.04. The summed E-state index contributed by atoms with van der Waals surface area (Å²) >= 11 is 12.4. The van der Waals surface area contributed by atoms with Gasteiger partial charge in [-0.2, -0.15) is 0 Å². The van der Waals surface area contributed by atoms with Crippen LogP contribution in [-0.4, -0.2) is 30.1 Å². The van der Waals surface area contributed by atoms with Crippen molar-refractivity contribution in [1.29, 1.82) is 0 Å². The van der Waals surface area contributed by atoms with E-state index in [4.69, 9.17) is 28.9 Å². The first-order chi connectivity index (χ1) is 8.63. The van der Waals surface area contributed by atoms with Gasteiger partial charge in [0.2, 0.25) is 0 Å². The lowest BCUT2D eigenvalue weighted by atomic mass is 10.2. The molecule has 3 N–H and O–H groups in total. The van der Waals surface area contributed by atoms with Crippen LogP contribution in [0.3, 0.4) is 0 Å². The van der Waals surface area contributed by atoms with Crippen LogP contribution in [0, 0.1) is 0 Å². The van der Waals surface area contributed by atoms with E-state index in [9.17, 15) is 0 Å². The van der Waals surface area contributed by atoms with Crippen LogP contribution < -0.4 is 11.1 Å². The molecule has 0 amide bonds. The molecule has 0 aromatic heterocycles. The number of nitrogen functional groups attached to an aromatic ring is 1. The van der Waals surface area contributed by atoms with Crippen LogP contribution in [0.5, 0.6) is 0 Å². The molecule has 0 radical (unpaired) electrons. The summed E-state index contributed by atoms with van der Waals surface area (Å²) in [5.41, 5.74) is 7.12. The highest BCUT2D eigenvalue weighted by Crippen LogP contribution is 2.35. The van der Waals surface area contributed by atoms with Crippen molar-refractivity contribution in [2.24, 2.45) is 0 Å². The van der Waals surface area contributed by atoms with Gasteiger partial charge in [0.05, 0.1) is 15.7 Å². The standard InChI is InChI=1S/C13H17Cl2N3/c14-11-5-8(16)6-12(15)13(11)17-9-3-4-18(7-9)10-1-2-10/h5-6,9-10,17H,1-4,7,16H2. The van der Waals surface area contributed by atoms with E-state index in [1.165, 1.54) is 19.4 Å². The summed E-state index contributed by atoms with van der Waals surface area (Å²) in [6.45, 7) is 2.26.